The quantitative estimate of drug-likeness (QED) is 0.0939. The summed E-state index contributed by atoms with van der Waals surface area (Å²) in [5.74, 6) is 1.34. The number of hydrogen-bond donors (Lipinski definition) is 0. The molecule has 268 valence electrons. The summed E-state index contributed by atoms with van der Waals surface area (Å²) in [6.07, 6.45) is 1.48. The fourth-order valence-corrected chi connectivity index (χ4v) is 6.20. The van der Waals surface area contributed by atoms with Crippen molar-refractivity contribution in [3.05, 3.63) is 59.7 Å². The van der Waals surface area contributed by atoms with E-state index in [1.165, 1.54) is 28.4 Å². The molecular weight excluding hydrogens is 655 g/mol. The van der Waals surface area contributed by atoms with Crippen molar-refractivity contribution >= 4 is 40.3 Å². The van der Waals surface area contributed by atoms with Gasteiger partial charge in [-0.15, -0.1) is 5.10 Å². The van der Waals surface area contributed by atoms with Crippen LogP contribution in [0.15, 0.2) is 53.6 Å². The highest BCUT2D eigenvalue weighted by molar-refractivity contribution is 8.02. The highest BCUT2D eigenvalue weighted by Crippen LogP contribution is 2.51. The van der Waals surface area contributed by atoms with E-state index in [0.717, 1.165) is 16.9 Å². The standard InChI is InChI=1S/C22H33N3O8P3S.8CH4/c1-24(23-15-19-7-11-21(28-2)12-8-19)34(37)33-22-13-9-20(10-14-22)16-25(17-35(26,29-3)30-4)18-36(27,31-5)32-6;;;;;;;;/h7-15H,16-18H2,1-6H3;8*1H4/q+1;;;;;;;;/b23-15+;;;;;;;;. The molecule has 1 unspecified atom stereocenters. The first-order chi connectivity index (χ1) is 17.6. The molecule has 11 nitrogen and oxygen atoms in total. The Hall–Kier alpha value is -1.71. The van der Waals surface area contributed by atoms with Crippen LogP contribution in [0.5, 0.6) is 11.5 Å². The van der Waals surface area contributed by atoms with Crippen molar-refractivity contribution in [2.45, 2.75) is 66.0 Å². The zero-order chi connectivity index (χ0) is 27.5. The highest BCUT2D eigenvalue weighted by Gasteiger charge is 2.32. The van der Waals surface area contributed by atoms with E-state index in [2.05, 4.69) is 5.10 Å². The molecule has 0 aliphatic carbocycles. The molecule has 0 amide bonds. The zero-order valence-electron chi connectivity index (χ0n) is 21.7. The SMILES string of the molecule is C.C.C.C.C.C.C.C.COc1ccc(/C=N/N(C)[P+](=S)Oc2ccc(CN(CP(=O)(OC)OC)CP(=O)(OC)OC)cc2)cc1. The van der Waals surface area contributed by atoms with Gasteiger partial charge in [0.2, 0.25) is 11.8 Å². The first-order valence-corrected chi connectivity index (χ1v) is 16.6. The molecule has 0 fully saturated rings. The lowest BCUT2D eigenvalue weighted by Gasteiger charge is -2.27. The van der Waals surface area contributed by atoms with Gasteiger partial charge < -0.3 is 22.8 Å². The lowest BCUT2D eigenvalue weighted by molar-refractivity contribution is 0.220. The van der Waals surface area contributed by atoms with E-state index in [4.69, 9.17) is 39.2 Å². The van der Waals surface area contributed by atoms with Crippen LogP contribution in [-0.2, 0) is 45.6 Å². The van der Waals surface area contributed by atoms with Crippen LogP contribution >= 0.6 is 22.3 Å². The lowest BCUT2D eigenvalue weighted by Crippen LogP contribution is -2.27. The monoisotopic (exact) mass is 720 g/mol. The topological polar surface area (TPSA) is 108 Å². The van der Waals surface area contributed by atoms with Crippen LogP contribution in [0.2, 0.25) is 0 Å². The van der Waals surface area contributed by atoms with Gasteiger partial charge in [-0.2, -0.15) is 0 Å². The summed E-state index contributed by atoms with van der Waals surface area (Å²) in [5, 5.41) is 4.36. The van der Waals surface area contributed by atoms with Crippen molar-refractivity contribution in [3.63, 3.8) is 0 Å². The van der Waals surface area contributed by atoms with Crippen LogP contribution in [0.4, 0.5) is 0 Å². The number of methoxy groups -OCH3 is 1. The van der Waals surface area contributed by atoms with Crippen molar-refractivity contribution in [1.29, 1.82) is 0 Å². The highest BCUT2D eigenvalue weighted by atomic mass is 32.4. The molecule has 2 aromatic carbocycles. The molecule has 45 heavy (non-hydrogen) atoms. The van der Waals surface area contributed by atoms with Crippen LogP contribution in [0.3, 0.4) is 0 Å². The first-order valence-electron chi connectivity index (χ1n) is 10.9. The lowest BCUT2D eigenvalue weighted by atomic mass is 10.2. The van der Waals surface area contributed by atoms with Crippen molar-refractivity contribution in [1.82, 2.24) is 9.68 Å². The van der Waals surface area contributed by atoms with Gasteiger partial charge in [0.05, 0.1) is 20.4 Å². The fraction of sp³-hybridized carbons (Fsp3) is 0.567. The van der Waals surface area contributed by atoms with Crippen molar-refractivity contribution in [2.75, 3.05) is 55.2 Å². The molecule has 2 rings (SSSR count). The third-order valence-electron chi connectivity index (χ3n) is 5.10. The normalized spacial score (nSPS) is 10.4. The van der Waals surface area contributed by atoms with Crippen LogP contribution in [-0.4, -0.2) is 71.1 Å². The summed E-state index contributed by atoms with van der Waals surface area (Å²) in [6.45, 7) is 0.280. The van der Waals surface area contributed by atoms with Gasteiger partial charge in [-0.25, -0.2) is 0 Å². The Labute approximate surface area is 283 Å². The van der Waals surface area contributed by atoms with E-state index in [-0.39, 0.29) is 78.5 Å². The van der Waals surface area contributed by atoms with Gasteiger partial charge in [-0.05, 0) is 47.5 Å². The molecule has 0 saturated heterocycles. The first kappa shape index (κ1) is 58.8. The molecule has 0 heterocycles. The van der Waals surface area contributed by atoms with Gasteiger partial charge in [0, 0.05) is 35.0 Å². The average molecular weight is 721 g/mol. The van der Waals surface area contributed by atoms with Crippen LogP contribution in [0.25, 0.3) is 0 Å². The van der Waals surface area contributed by atoms with Gasteiger partial charge in [-0.3, -0.25) is 18.6 Å². The summed E-state index contributed by atoms with van der Waals surface area (Å²) in [5.41, 5.74) is 1.74. The second-order valence-electron chi connectivity index (χ2n) is 7.54. The molecular formula is C30H65N3O8P3S+. The summed E-state index contributed by atoms with van der Waals surface area (Å²) >= 11 is 5.48. The van der Waals surface area contributed by atoms with Gasteiger partial charge in [-0.1, -0.05) is 76.3 Å². The summed E-state index contributed by atoms with van der Waals surface area (Å²) in [6, 6.07) is 14.7. The van der Waals surface area contributed by atoms with Crippen LogP contribution in [0, 0.1) is 0 Å². The minimum Gasteiger partial charge on any atom is -0.497 e. The van der Waals surface area contributed by atoms with E-state index in [9.17, 15) is 9.13 Å². The number of benzene rings is 2. The second-order valence-corrected chi connectivity index (χ2v) is 14.2. The van der Waals surface area contributed by atoms with Gasteiger partial charge in [0.1, 0.15) is 18.3 Å². The Kier molecular flexibility index (Phi) is 37.2. The predicted molar refractivity (Wildman–Crippen MR) is 202 cm³/mol. The minimum absolute atomic E-state index is 0. The molecule has 0 aliphatic heterocycles. The molecule has 0 aromatic heterocycles. The van der Waals surface area contributed by atoms with Crippen LogP contribution < -0.4 is 9.26 Å². The Morgan fingerprint density at radius 3 is 1.49 bits per heavy atom. The fourth-order valence-electron chi connectivity index (χ4n) is 2.96. The van der Waals surface area contributed by atoms with E-state index in [0.29, 0.717) is 5.75 Å². The molecule has 0 aliphatic rings. The average Bonchev–Trinajstić information content (AvgIpc) is 2.92. The maximum absolute atomic E-state index is 12.7. The van der Waals surface area contributed by atoms with E-state index in [1.807, 2.05) is 36.4 Å². The summed E-state index contributed by atoms with van der Waals surface area (Å²) < 4.78 is 58.3. The number of rotatable bonds is 16. The predicted octanol–water partition coefficient (Wildman–Crippen LogP) is 10.6. The van der Waals surface area contributed by atoms with Crippen molar-refractivity contribution in [2.24, 2.45) is 5.10 Å². The third kappa shape index (κ3) is 19.5. The molecule has 1 atom stereocenters. The maximum atomic E-state index is 12.7. The van der Waals surface area contributed by atoms with Crippen molar-refractivity contribution < 1.29 is 36.5 Å². The maximum Gasteiger partial charge on any atom is 0.540 e. The number of nitrogens with zero attached hydrogens (tertiary/aromatic N) is 3. The second kappa shape index (κ2) is 28.5. The van der Waals surface area contributed by atoms with Gasteiger partial charge in [0.25, 0.3) is 0 Å². The van der Waals surface area contributed by atoms with Crippen molar-refractivity contribution in [3.8, 4) is 11.5 Å². The van der Waals surface area contributed by atoms with Crippen LogP contribution in [0.1, 0.15) is 70.5 Å². The largest absolute Gasteiger partial charge is 0.540 e. The Balaban J connectivity index is -0.000000361. The van der Waals surface area contributed by atoms with E-state index < -0.39 is 22.3 Å². The number of hydrazone groups is 1. The van der Waals surface area contributed by atoms with Gasteiger partial charge >= 0.3 is 22.3 Å². The Bertz CT molecular complexity index is 1100. The molecule has 0 spiro atoms. The van der Waals surface area contributed by atoms with Gasteiger partial charge in [0.15, 0.2) is 5.75 Å². The Morgan fingerprint density at radius 1 is 0.711 bits per heavy atom. The van der Waals surface area contributed by atoms with E-state index >= 15 is 0 Å². The van der Waals surface area contributed by atoms with E-state index in [1.54, 1.807) is 42.2 Å². The molecule has 0 saturated carbocycles. The Morgan fingerprint density at radius 2 is 1.11 bits per heavy atom. The molecule has 0 radical (unpaired) electrons. The summed E-state index contributed by atoms with van der Waals surface area (Å²) in [4.78, 5) is 1.64. The molecule has 2 aromatic rings. The molecule has 0 bridgehead atoms. The molecule has 15 heteroatoms. The third-order valence-corrected chi connectivity index (χ3v) is 10.7. The summed E-state index contributed by atoms with van der Waals surface area (Å²) in [7, 11) is 0.258. The number of ether oxygens (including phenoxy) is 1. The zero-order valence-corrected chi connectivity index (χ0v) is 25.2. The number of hydrogen-bond acceptors (Lipinski definition) is 11. The smallest absolute Gasteiger partial charge is 0.497 e. The molecule has 0 N–H and O–H groups in total. The minimum atomic E-state index is -3.42.